The van der Waals surface area contributed by atoms with E-state index in [1.54, 1.807) is 0 Å². The van der Waals surface area contributed by atoms with E-state index < -0.39 is 0 Å². The summed E-state index contributed by atoms with van der Waals surface area (Å²) in [4.78, 5) is 0. The standard InChI is InChI=1S/C23H46O2/c1-3-5-7-9-11-13-15-17-22-25-23(20-18-21-24)19-16-14-12-10-8-6-4-2/h17,22-24H,3-16,18-21H2,1-2H3/b22-17-. The number of aliphatic hydroxyl groups excluding tert-OH is 1. The molecule has 25 heavy (non-hydrogen) atoms. The maximum absolute atomic E-state index is 9.06. The number of rotatable bonds is 20. The van der Waals surface area contributed by atoms with Gasteiger partial charge in [-0.25, -0.2) is 0 Å². The maximum atomic E-state index is 9.06. The molecule has 0 saturated carbocycles. The molecule has 0 radical (unpaired) electrons. The normalized spacial score (nSPS) is 12.8. The van der Waals surface area contributed by atoms with E-state index in [-0.39, 0.29) is 6.61 Å². The minimum atomic E-state index is 0.276. The van der Waals surface area contributed by atoms with Crippen LogP contribution in [0.5, 0.6) is 0 Å². The number of ether oxygens (including phenoxy) is 1. The molecular formula is C23H46O2. The first kappa shape index (κ1) is 24.5. The van der Waals surface area contributed by atoms with Gasteiger partial charge in [0.15, 0.2) is 0 Å². The SMILES string of the molecule is CCCCCCCC/C=C\OC(CCCO)CCCCCCCCC. The van der Waals surface area contributed by atoms with E-state index in [0.717, 1.165) is 25.7 Å². The zero-order valence-electron chi connectivity index (χ0n) is 17.3. The summed E-state index contributed by atoms with van der Waals surface area (Å²) >= 11 is 0. The maximum Gasteiger partial charge on any atom is 0.0979 e. The summed E-state index contributed by atoms with van der Waals surface area (Å²) in [7, 11) is 0. The molecule has 0 aliphatic carbocycles. The molecule has 0 amide bonds. The first-order valence-corrected chi connectivity index (χ1v) is 11.3. The molecule has 0 saturated heterocycles. The Bertz CT molecular complexity index is 263. The second-order valence-corrected chi connectivity index (χ2v) is 7.46. The molecule has 2 nitrogen and oxygen atoms in total. The second-order valence-electron chi connectivity index (χ2n) is 7.46. The van der Waals surface area contributed by atoms with Crippen molar-refractivity contribution in [2.45, 2.75) is 129 Å². The van der Waals surface area contributed by atoms with Crippen LogP contribution < -0.4 is 0 Å². The number of unbranched alkanes of at least 4 members (excludes halogenated alkanes) is 12. The van der Waals surface area contributed by atoms with Gasteiger partial charge in [0, 0.05) is 6.61 Å². The summed E-state index contributed by atoms with van der Waals surface area (Å²) in [6.07, 6.45) is 26.0. The molecule has 1 unspecified atom stereocenters. The molecule has 1 N–H and O–H groups in total. The Morgan fingerprint density at radius 3 is 1.80 bits per heavy atom. The minimum absolute atomic E-state index is 0.276. The Labute approximate surface area is 158 Å². The van der Waals surface area contributed by atoms with Crippen LogP contribution in [-0.4, -0.2) is 17.8 Å². The zero-order chi connectivity index (χ0) is 18.4. The highest BCUT2D eigenvalue weighted by molar-refractivity contribution is 4.75. The second kappa shape index (κ2) is 21.5. The van der Waals surface area contributed by atoms with Crippen molar-refractivity contribution in [1.29, 1.82) is 0 Å². The molecule has 0 fully saturated rings. The molecular weight excluding hydrogens is 308 g/mol. The van der Waals surface area contributed by atoms with Gasteiger partial charge in [-0.05, 0) is 44.6 Å². The van der Waals surface area contributed by atoms with Crippen LogP contribution in [0.25, 0.3) is 0 Å². The van der Waals surface area contributed by atoms with Gasteiger partial charge < -0.3 is 9.84 Å². The van der Waals surface area contributed by atoms with Crippen molar-refractivity contribution in [2.24, 2.45) is 0 Å². The molecule has 0 aromatic carbocycles. The van der Waals surface area contributed by atoms with Crippen LogP contribution in [0.1, 0.15) is 123 Å². The molecule has 0 aliphatic heterocycles. The Kier molecular flexibility index (Phi) is 21.1. The summed E-state index contributed by atoms with van der Waals surface area (Å²) in [5.41, 5.74) is 0. The third-order valence-electron chi connectivity index (χ3n) is 4.91. The van der Waals surface area contributed by atoms with Crippen LogP contribution >= 0.6 is 0 Å². The van der Waals surface area contributed by atoms with Crippen LogP contribution in [0.4, 0.5) is 0 Å². The summed E-state index contributed by atoms with van der Waals surface area (Å²) in [5, 5.41) is 9.06. The lowest BCUT2D eigenvalue weighted by molar-refractivity contribution is 0.113. The van der Waals surface area contributed by atoms with Crippen LogP contribution in [0.15, 0.2) is 12.3 Å². The van der Waals surface area contributed by atoms with Gasteiger partial charge in [0.25, 0.3) is 0 Å². The van der Waals surface area contributed by atoms with Gasteiger partial charge in [0.2, 0.25) is 0 Å². The quantitative estimate of drug-likeness (QED) is 0.181. The molecule has 0 aromatic rings. The van der Waals surface area contributed by atoms with Gasteiger partial charge in [-0.3, -0.25) is 0 Å². The summed E-state index contributed by atoms with van der Waals surface area (Å²) in [6.45, 7) is 4.81. The number of hydrogen-bond donors (Lipinski definition) is 1. The van der Waals surface area contributed by atoms with Crippen LogP contribution in [0.3, 0.4) is 0 Å². The average Bonchev–Trinajstić information content (AvgIpc) is 2.63. The van der Waals surface area contributed by atoms with Gasteiger partial charge >= 0.3 is 0 Å². The average molecular weight is 355 g/mol. The third kappa shape index (κ3) is 19.7. The first-order chi connectivity index (χ1) is 12.3. The molecule has 0 aromatic heterocycles. The lowest BCUT2D eigenvalue weighted by atomic mass is 10.0. The Hall–Kier alpha value is -0.500. The zero-order valence-corrected chi connectivity index (χ0v) is 17.3. The van der Waals surface area contributed by atoms with Crippen molar-refractivity contribution >= 4 is 0 Å². The fraction of sp³-hybridized carbons (Fsp3) is 0.913. The van der Waals surface area contributed by atoms with E-state index in [4.69, 9.17) is 9.84 Å². The molecule has 2 heteroatoms. The molecule has 1 atom stereocenters. The van der Waals surface area contributed by atoms with E-state index in [9.17, 15) is 0 Å². The van der Waals surface area contributed by atoms with Crippen molar-refractivity contribution in [3.05, 3.63) is 12.3 Å². The largest absolute Gasteiger partial charge is 0.498 e. The number of aliphatic hydroxyl groups is 1. The summed E-state index contributed by atoms with van der Waals surface area (Å²) in [6, 6.07) is 0. The van der Waals surface area contributed by atoms with Gasteiger partial charge in [0.05, 0.1) is 12.4 Å². The summed E-state index contributed by atoms with van der Waals surface area (Å²) < 4.78 is 5.94. The molecule has 0 spiro atoms. The minimum Gasteiger partial charge on any atom is -0.498 e. The van der Waals surface area contributed by atoms with Gasteiger partial charge in [0.1, 0.15) is 0 Å². The van der Waals surface area contributed by atoms with Gasteiger partial charge in [-0.1, -0.05) is 84.5 Å². The lowest BCUT2D eigenvalue weighted by Gasteiger charge is -2.16. The molecule has 150 valence electrons. The highest BCUT2D eigenvalue weighted by Gasteiger charge is 2.07. The Morgan fingerprint density at radius 1 is 0.680 bits per heavy atom. The molecule has 0 aliphatic rings. The highest BCUT2D eigenvalue weighted by atomic mass is 16.5. The van der Waals surface area contributed by atoms with E-state index >= 15 is 0 Å². The van der Waals surface area contributed by atoms with E-state index in [2.05, 4.69) is 19.9 Å². The van der Waals surface area contributed by atoms with Crippen molar-refractivity contribution in [2.75, 3.05) is 6.61 Å². The monoisotopic (exact) mass is 354 g/mol. The summed E-state index contributed by atoms with van der Waals surface area (Å²) in [5.74, 6) is 0. The highest BCUT2D eigenvalue weighted by Crippen LogP contribution is 2.15. The predicted molar refractivity (Wildman–Crippen MR) is 111 cm³/mol. The predicted octanol–water partition coefficient (Wildman–Crippen LogP) is 7.55. The fourth-order valence-electron chi connectivity index (χ4n) is 3.21. The molecule has 0 heterocycles. The van der Waals surface area contributed by atoms with Crippen molar-refractivity contribution in [3.63, 3.8) is 0 Å². The lowest BCUT2D eigenvalue weighted by Crippen LogP contribution is -2.10. The van der Waals surface area contributed by atoms with Gasteiger partial charge in [-0.2, -0.15) is 0 Å². The van der Waals surface area contributed by atoms with E-state index in [0.29, 0.717) is 6.10 Å². The number of hydrogen-bond acceptors (Lipinski definition) is 2. The van der Waals surface area contributed by atoms with Crippen molar-refractivity contribution in [1.82, 2.24) is 0 Å². The van der Waals surface area contributed by atoms with E-state index in [1.165, 1.54) is 83.5 Å². The third-order valence-corrected chi connectivity index (χ3v) is 4.91. The van der Waals surface area contributed by atoms with Crippen molar-refractivity contribution < 1.29 is 9.84 Å². The fourth-order valence-corrected chi connectivity index (χ4v) is 3.21. The Morgan fingerprint density at radius 2 is 1.20 bits per heavy atom. The van der Waals surface area contributed by atoms with E-state index in [1.807, 2.05) is 6.26 Å². The first-order valence-electron chi connectivity index (χ1n) is 11.3. The number of allylic oxidation sites excluding steroid dienone is 1. The van der Waals surface area contributed by atoms with Gasteiger partial charge in [-0.15, -0.1) is 0 Å². The Balaban J connectivity index is 3.66. The van der Waals surface area contributed by atoms with Crippen LogP contribution in [0.2, 0.25) is 0 Å². The van der Waals surface area contributed by atoms with Crippen LogP contribution in [-0.2, 0) is 4.74 Å². The molecule has 0 rings (SSSR count). The van der Waals surface area contributed by atoms with Crippen molar-refractivity contribution in [3.8, 4) is 0 Å². The smallest absolute Gasteiger partial charge is 0.0979 e. The topological polar surface area (TPSA) is 29.5 Å². The molecule has 0 bridgehead atoms. The van der Waals surface area contributed by atoms with Crippen LogP contribution in [0, 0.1) is 0 Å².